The first-order chi connectivity index (χ1) is 12.7. The summed E-state index contributed by atoms with van der Waals surface area (Å²) in [5, 5.41) is 23.8. The minimum absolute atomic E-state index is 0.297. The number of halogens is 3. The number of ether oxygens (including phenoxy) is 2. The number of aliphatic hydroxyl groups excluding tert-OH is 2. The molecule has 3 rings (SSSR count). The minimum atomic E-state index is -4.78. The van der Waals surface area contributed by atoms with Crippen LogP contribution < -0.4 is 5.32 Å². The molecule has 10 heteroatoms. The van der Waals surface area contributed by atoms with Crippen LogP contribution in [0.15, 0.2) is 29.3 Å². The van der Waals surface area contributed by atoms with Gasteiger partial charge in [-0.15, -0.1) is 0 Å². The SMILES string of the molecule is CN=C1NC2C(OC(C(OCc3ccc(C)cc3)C(F)(F)F)C(O)C2O)S1. The maximum atomic E-state index is 13.6. The number of aliphatic imine (C=N–C) groups is 1. The first-order valence-corrected chi connectivity index (χ1v) is 9.24. The van der Waals surface area contributed by atoms with Gasteiger partial charge in [-0.05, 0) is 12.5 Å². The Labute approximate surface area is 158 Å². The summed E-state index contributed by atoms with van der Waals surface area (Å²) in [4.78, 5) is 3.92. The van der Waals surface area contributed by atoms with Crippen molar-refractivity contribution in [2.75, 3.05) is 7.05 Å². The van der Waals surface area contributed by atoms with Crippen molar-refractivity contribution >= 4 is 16.9 Å². The molecule has 1 aromatic rings. The molecule has 27 heavy (non-hydrogen) atoms. The van der Waals surface area contributed by atoms with Crippen LogP contribution in [0.2, 0.25) is 0 Å². The van der Waals surface area contributed by atoms with Crippen molar-refractivity contribution in [2.24, 2.45) is 4.99 Å². The van der Waals surface area contributed by atoms with Gasteiger partial charge in [0.05, 0.1) is 12.6 Å². The van der Waals surface area contributed by atoms with Crippen molar-refractivity contribution in [2.45, 2.75) is 55.6 Å². The van der Waals surface area contributed by atoms with Gasteiger partial charge in [0.1, 0.15) is 23.7 Å². The van der Waals surface area contributed by atoms with Crippen molar-refractivity contribution in [3.05, 3.63) is 35.4 Å². The maximum absolute atomic E-state index is 13.6. The second-order valence-electron chi connectivity index (χ2n) is 6.53. The number of nitrogens with one attached hydrogen (secondary N) is 1. The average molecular weight is 406 g/mol. The van der Waals surface area contributed by atoms with Crippen LogP contribution in [0.3, 0.4) is 0 Å². The van der Waals surface area contributed by atoms with Crippen LogP contribution in [0.25, 0.3) is 0 Å². The van der Waals surface area contributed by atoms with E-state index < -0.39 is 42.1 Å². The predicted molar refractivity (Wildman–Crippen MR) is 94.4 cm³/mol. The van der Waals surface area contributed by atoms with E-state index in [4.69, 9.17) is 9.47 Å². The standard InChI is InChI=1S/C17H21F3N2O4S/c1-8-3-5-9(6-4-8)7-25-14(17(18,19)20)13-12(24)11(23)10-15(26-13)27-16(21-2)22-10/h3-6,10-15,23-24H,7H2,1-2H3,(H,21,22). The number of amidine groups is 1. The summed E-state index contributed by atoms with van der Waals surface area (Å²) in [5.74, 6) is 0. The minimum Gasteiger partial charge on any atom is -0.388 e. The highest BCUT2D eigenvalue weighted by Crippen LogP contribution is 2.39. The normalized spacial score (nSPS) is 33.6. The molecule has 2 fully saturated rings. The molecule has 0 radical (unpaired) electrons. The molecule has 0 aliphatic carbocycles. The highest BCUT2D eigenvalue weighted by Gasteiger charge is 2.57. The van der Waals surface area contributed by atoms with Crippen molar-refractivity contribution in [1.29, 1.82) is 0 Å². The number of benzene rings is 1. The fourth-order valence-electron chi connectivity index (χ4n) is 3.04. The summed E-state index contributed by atoms with van der Waals surface area (Å²) < 4.78 is 51.4. The molecule has 0 saturated carbocycles. The molecule has 3 N–H and O–H groups in total. The predicted octanol–water partition coefficient (Wildman–Crippen LogP) is 1.58. The molecule has 0 spiro atoms. The van der Waals surface area contributed by atoms with Crippen LogP contribution >= 0.6 is 11.8 Å². The highest BCUT2D eigenvalue weighted by atomic mass is 32.2. The Hall–Kier alpha value is -1.33. The van der Waals surface area contributed by atoms with E-state index in [0.29, 0.717) is 10.7 Å². The summed E-state index contributed by atoms with van der Waals surface area (Å²) in [6.45, 7) is 1.57. The molecular weight excluding hydrogens is 385 g/mol. The topological polar surface area (TPSA) is 83.3 Å². The molecule has 6 atom stereocenters. The van der Waals surface area contributed by atoms with Crippen molar-refractivity contribution < 1.29 is 32.9 Å². The molecule has 2 heterocycles. The van der Waals surface area contributed by atoms with E-state index in [-0.39, 0.29) is 6.61 Å². The molecule has 2 aliphatic heterocycles. The van der Waals surface area contributed by atoms with Crippen molar-refractivity contribution in [3.8, 4) is 0 Å². The Balaban J connectivity index is 1.77. The molecule has 0 amide bonds. The molecule has 0 bridgehead atoms. The summed E-state index contributed by atoms with van der Waals surface area (Å²) in [6, 6.07) is 6.15. The third-order valence-electron chi connectivity index (χ3n) is 4.53. The Bertz CT molecular complexity index is 686. The van der Waals surface area contributed by atoms with E-state index >= 15 is 0 Å². The maximum Gasteiger partial charge on any atom is 0.417 e. The molecule has 2 aliphatic rings. The van der Waals surface area contributed by atoms with Gasteiger partial charge in [0.2, 0.25) is 0 Å². The summed E-state index contributed by atoms with van der Waals surface area (Å²) in [7, 11) is 1.51. The van der Waals surface area contributed by atoms with Crippen LogP contribution in [0.1, 0.15) is 11.1 Å². The van der Waals surface area contributed by atoms with Gasteiger partial charge in [0.15, 0.2) is 11.3 Å². The van der Waals surface area contributed by atoms with Crippen LogP contribution in [-0.2, 0) is 16.1 Å². The number of hydrogen-bond donors (Lipinski definition) is 3. The fourth-order valence-corrected chi connectivity index (χ4v) is 4.13. The van der Waals surface area contributed by atoms with E-state index in [1.54, 1.807) is 24.3 Å². The lowest BCUT2D eigenvalue weighted by atomic mass is 9.94. The van der Waals surface area contributed by atoms with Crippen molar-refractivity contribution in [1.82, 2.24) is 5.32 Å². The third kappa shape index (κ3) is 4.40. The zero-order valence-electron chi connectivity index (χ0n) is 14.7. The van der Waals surface area contributed by atoms with Gasteiger partial charge >= 0.3 is 6.18 Å². The molecular formula is C17H21F3N2O4S. The Morgan fingerprint density at radius 1 is 1.26 bits per heavy atom. The first-order valence-electron chi connectivity index (χ1n) is 8.36. The number of aliphatic hydroxyl groups is 2. The summed E-state index contributed by atoms with van der Waals surface area (Å²) in [5.41, 5.74) is 0.737. The van der Waals surface area contributed by atoms with Crippen molar-refractivity contribution in [3.63, 3.8) is 0 Å². The molecule has 6 unspecified atom stereocenters. The van der Waals surface area contributed by atoms with E-state index in [1.807, 2.05) is 6.92 Å². The smallest absolute Gasteiger partial charge is 0.388 e. The molecule has 6 nitrogen and oxygen atoms in total. The molecule has 1 aromatic carbocycles. The van der Waals surface area contributed by atoms with Crippen LogP contribution in [0.5, 0.6) is 0 Å². The van der Waals surface area contributed by atoms with Gasteiger partial charge in [-0.2, -0.15) is 13.2 Å². The lowest BCUT2D eigenvalue weighted by molar-refractivity contribution is -0.287. The quantitative estimate of drug-likeness (QED) is 0.704. The van der Waals surface area contributed by atoms with Gasteiger partial charge in [-0.3, -0.25) is 4.99 Å². The zero-order chi connectivity index (χ0) is 19.8. The van der Waals surface area contributed by atoms with Gasteiger partial charge in [0, 0.05) is 7.05 Å². The average Bonchev–Trinajstić information content (AvgIpc) is 3.03. The van der Waals surface area contributed by atoms with Gasteiger partial charge in [0.25, 0.3) is 0 Å². The number of nitrogens with zero attached hydrogens (tertiary/aromatic N) is 1. The van der Waals surface area contributed by atoms with Crippen LogP contribution in [0.4, 0.5) is 13.2 Å². The number of thioether (sulfide) groups is 1. The van der Waals surface area contributed by atoms with Gasteiger partial charge < -0.3 is 25.0 Å². The monoisotopic (exact) mass is 406 g/mol. The second-order valence-corrected chi connectivity index (χ2v) is 7.61. The van der Waals surface area contributed by atoms with E-state index in [9.17, 15) is 23.4 Å². The fraction of sp³-hybridized carbons (Fsp3) is 0.588. The zero-order valence-corrected chi connectivity index (χ0v) is 15.5. The van der Waals surface area contributed by atoms with Gasteiger partial charge in [-0.1, -0.05) is 41.6 Å². The lowest BCUT2D eigenvalue weighted by Gasteiger charge is -2.42. The van der Waals surface area contributed by atoms with E-state index in [1.165, 1.54) is 7.05 Å². The Kier molecular flexibility index (Phi) is 6.02. The molecule has 2 saturated heterocycles. The second kappa shape index (κ2) is 7.96. The highest BCUT2D eigenvalue weighted by molar-refractivity contribution is 8.14. The summed E-state index contributed by atoms with van der Waals surface area (Å²) >= 11 is 1.07. The van der Waals surface area contributed by atoms with Crippen LogP contribution in [0, 0.1) is 6.92 Å². The summed E-state index contributed by atoms with van der Waals surface area (Å²) in [6.07, 6.45) is -12.1. The number of alkyl halides is 3. The molecule has 150 valence electrons. The largest absolute Gasteiger partial charge is 0.417 e. The Morgan fingerprint density at radius 3 is 2.52 bits per heavy atom. The molecule has 0 aromatic heterocycles. The third-order valence-corrected chi connectivity index (χ3v) is 5.69. The number of aryl methyl sites for hydroxylation is 1. The number of rotatable bonds is 4. The number of hydrogen-bond acceptors (Lipinski definition) is 6. The van der Waals surface area contributed by atoms with E-state index in [2.05, 4.69) is 10.3 Å². The van der Waals surface area contributed by atoms with E-state index in [0.717, 1.165) is 17.3 Å². The number of fused-ring (bicyclic) bond motifs is 1. The first kappa shape index (κ1) is 20.4. The van der Waals surface area contributed by atoms with Crippen LogP contribution in [-0.4, -0.2) is 64.5 Å². The lowest BCUT2D eigenvalue weighted by Crippen LogP contribution is -2.63. The Morgan fingerprint density at radius 2 is 1.93 bits per heavy atom. The van der Waals surface area contributed by atoms with Gasteiger partial charge in [-0.25, -0.2) is 0 Å².